The Hall–Kier alpha value is -1.53. The molecule has 108 valence electrons. The lowest BCUT2D eigenvalue weighted by Gasteiger charge is -2.17. The number of rotatable bonds is 5. The minimum atomic E-state index is -0.181. The van der Waals surface area contributed by atoms with Crippen LogP contribution in [-0.2, 0) is 7.05 Å². The van der Waals surface area contributed by atoms with Crippen molar-refractivity contribution in [1.29, 1.82) is 0 Å². The van der Waals surface area contributed by atoms with Crippen LogP contribution in [0.3, 0.4) is 0 Å². The number of aryl methyl sites for hydroxylation is 2. The molecule has 5 nitrogen and oxygen atoms in total. The second-order valence-electron chi connectivity index (χ2n) is 4.87. The van der Waals surface area contributed by atoms with Crippen molar-refractivity contribution < 1.29 is 0 Å². The topological polar surface area (TPSA) is 62.7 Å². The lowest BCUT2D eigenvalue weighted by Crippen LogP contribution is -2.19. The third-order valence-corrected chi connectivity index (χ3v) is 4.62. The highest BCUT2D eigenvalue weighted by Crippen LogP contribution is 2.23. The number of hydrogen-bond donors (Lipinski definition) is 2. The number of H-pyrrole nitrogens is 1. The zero-order valence-electron chi connectivity index (χ0n) is 12.2. The molecule has 1 atom stereocenters. The van der Waals surface area contributed by atoms with E-state index < -0.39 is 0 Å². The van der Waals surface area contributed by atoms with E-state index in [-0.39, 0.29) is 11.7 Å². The summed E-state index contributed by atoms with van der Waals surface area (Å²) in [5, 5.41) is 10.5. The van der Waals surface area contributed by atoms with E-state index >= 15 is 0 Å². The van der Waals surface area contributed by atoms with Gasteiger partial charge in [0.15, 0.2) is 5.16 Å². The van der Waals surface area contributed by atoms with E-state index in [2.05, 4.69) is 47.6 Å². The quantitative estimate of drug-likeness (QED) is 0.825. The lowest BCUT2D eigenvalue weighted by atomic mass is 10.0. The molecule has 0 aliphatic rings. The number of benzene rings is 1. The summed E-state index contributed by atoms with van der Waals surface area (Å²) in [4.78, 5) is 11.3. The molecule has 2 N–H and O–H groups in total. The SMILES string of the molecule is CNC(CSc1n[nH]c(=O)n1C)c1ccc(C)c(C)c1. The fourth-order valence-electron chi connectivity index (χ4n) is 1.95. The molecule has 2 aromatic rings. The number of aromatic amines is 1. The number of hydrogen-bond acceptors (Lipinski definition) is 4. The summed E-state index contributed by atoms with van der Waals surface area (Å²) >= 11 is 1.56. The molecule has 0 radical (unpaired) electrons. The van der Waals surface area contributed by atoms with E-state index in [1.165, 1.54) is 21.3 Å². The minimum absolute atomic E-state index is 0.181. The summed E-state index contributed by atoms with van der Waals surface area (Å²) in [6, 6.07) is 6.73. The molecule has 0 bridgehead atoms. The highest BCUT2D eigenvalue weighted by molar-refractivity contribution is 7.99. The van der Waals surface area contributed by atoms with Crippen LogP contribution >= 0.6 is 11.8 Å². The first-order chi connectivity index (χ1) is 9.52. The minimum Gasteiger partial charge on any atom is -0.312 e. The summed E-state index contributed by atoms with van der Waals surface area (Å²) in [6.07, 6.45) is 0. The average molecular weight is 292 g/mol. The molecule has 20 heavy (non-hydrogen) atoms. The fourth-order valence-corrected chi connectivity index (χ4v) is 3.01. The van der Waals surface area contributed by atoms with Gasteiger partial charge in [0, 0.05) is 18.8 Å². The van der Waals surface area contributed by atoms with Crippen LogP contribution in [-0.4, -0.2) is 27.6 Å². The zero-order chi connectivity index (χ0) is 14.7. The van der Waals surface area contributed by atoms with E-state index in [1.807, 2.05) is 7.05 Å². The van der Waals surface area contributed by atoms with Gasteiger partial charge in [0.25, 0.3) is 0 Å². The Balaban J connectivity index is 2.11. The molecule has 0 saturated carbocycles. The van der Waals surface area contributed by atoms with Crippen molar-refractivity contribution in [3.8, 4) is 0 Å². The molecule has 0 spiro atoms. The molecule has 1 aromatic carbocycles. The van der Waals surface area contributed by atoms with Crippen molar-refractivity contribution in [3.05, 3.63) is 45.4 Å². The Kier molecular flexibility index (Phi) is 4.67. The van der Waals surface area contributed by atoms with Crippen LogP contribution in [0.5, 0.6) is 0 Å². The predicted molar refractivity (Wildman–Crippen MR) is 82.3 cm³/mol. The van der Waals surface area contributed by atoms with Gasteiger partial charge in [-0.1, -0.05) is 30.0 Å². The first-order valence-corrected chi connectivity index (χ1v) is 7.50. The van der Waals surface area contributed by atoms with Gasteiger partial charge in [-0.2, -0.15) is 0 Å². The lowest BCUT2D eigenvalue weighted by molar-refractivity contribution is 0.658. The maximum atomic E-state index is 11.3. The van der Waals surface area contributed by atoms with Crippen molar-refractivity contribution in [2.45, 2.75) is 25.0 Å². The van der Waals surface area contributed by atoms with E-state index in [4.69, 9.17) is 0 Å². The van der Waals surface area contributed by atoms with Crippen LogP contribution in [0.4, 0.5) is 0 Å². The van der Waals surface area contributed by atoms with Gasteiger partial charge in [-0.15, -0.1) is 5.10 Å². The van der Waals surface area contributed by atoms with E-state index in [0.29, 0.717) is 5.16 Å². The molecule has 1 heterocycles. The maximum Gasteiger partial charge on any atom is 0.343 e. The summed E-state index contributed by atoms with van der Waals surface area (Å²) in [5.74, 6) is 0.817. The number of nitrogens with zero attached hydrogens (tertiary/aromatic N) is 2. The van der Waals surface area contributed by atoms with Crippen molar-refractivity contribution >= 4 is 11.8 Å². The second kappa shape index (κ2) is 6.28. The van der Waals surface area contributed by atoms with E-state index in [9.17, 15) is 4.79 Å². The van der Waals surface area contributed by atoms with Gasteiger partial charge >= 0.3 is 5.69 Å². The number of nitrogens with one attached hydrogen (secondary N) is 2. The molecule has 0 aliphatic carbocycles. The van der Waals surface area contributed by atoms with Gasteiger partial charge in [-0.3, -0.25) is 4.57 Å². The smallest absolute Gasteiger partial charge is 0.312 e. The zero-order valence-corrected chi connectivity index (χ0v) is 13.0. The van der Waals surface area contributed by atoms with Gasteiger partial charge in [-0.05, 0) is 37.6 Å². The maximum absolute atomic E-state index is 11.3. The molecular formula is C14H20N4OS. The summed E-state index contributed by atoms with van der Waals surface area (Å²) in [5.41, 5.74) is 3.66. The summed E-state index contributed by atoms with van der Waals surface area (Å²) < 4.78 is 1.53. The molecule has 1 unspecified atom stereocenters. The number of aromatic nitrogens is 3. The molecular weight excluding hydrogens is 272 g/mol. The van der Waals surface area contributed by atoms with E-state index in [0.717, 1.165) is 5.75 Å². The normalized spacial score (nSPS) is 12.6. The van der Waals surface area contributed by atoms with Crippen molar-refractivity contribution in [2.75, 3.05) is 12.8 Å². The van der Waals surface area contributed by atoms with Crippen molar-refractivity contribution in [3.63, 3.8) is 0 Å². The van der Waals surface area contributed by atoms with Crippen LogP contribution < -0.4 is 11.0 Å². The Morgan fingerprint density at radius 3 is 2.70 bits per heavy atom. The Morgan fingerprint density at radius 2 is 2.15 bits per heavy atom. The highest BCUT2D eigenvalue weighted by atomic mass is 32.2. The second-order valence-corrected chi connectivity index (χ2v) is 5.85. The molecule has 6 heteroatoms. The van der Waals surface area contributed by atoms with Gasteiger partial charge in [0.1, 0.15) is 0 Å². The van der Waals surface area contributed by atoms with Crippen LogP contribution in [0.25, 0.3) is 0 Å². The average Bonchev–Trinajstić information content (AvgIpc) is 2.75. The highest BCUT2D eigenvalue weighted by Gasteiger charge is 2.13. The Bertz CT molecular complexity index is 647. The first kappa shape index (κ1) is 14.9. The third kappa shape index (κ3) is 3.13. The van der Waals surface area contributed by atoms with Gasteiger partial charge in [0.05, 0.1) is 0 Å². The monoisotopic (exact) mass is 292 g/mol. The standard InChI is InChI=1S/C14H20N4OS/c1-9-5-6-11(7-10(9)2)12(15-3)8-20-14-17-16-13(19)18(14)4/h5-7,12,15H,8H2,1-4H3,(H,16,19). The van der Waals surface area contributed by atoms with Gasteiger partial charge < -0.3 is 5.32 Å². The largest absolute Gasteiger partial charge is 0.343 e. The molecule has 0 amide bonds. The van der Waals surface area contributed by atoms with Crippen LogP contribution in [0, 0.1) is 13.8 Å². The third-order valence-electron chi connectivity index (χ3n) is 3.50. The van der Waals surface area contributed by atoms with Crippen molar-refractivity contribution in [1.82, 2.24) is 20.1 Å². The van der Waals surface area contributed by atoms with E-state index in [1.54, 1.807) is 18.8 Å². The fraction of sp³-hybridized carbons (Fsp3) is 0.429. The molecule has 0 aliphatic heterocycles. The van der Waals surface area contributed by atoms with Crippen LogP contribution in [0.1, 0.15) is 22.7 Å². The molecule has 0 fully saturated rings. The van der Waals surface area contributed by atoms with Gasteiger partial charge in [0.2, 0.25) is 0 Å². The summed E-state index contributed by atoms with van der Waals surface area (Å²) in [7, 11) is 3.67. The van der Waals surface area contributed by atoms with Crippen molar-refractivity contribution in [2.24, 2.45) is 7.05 Å². The Morgan fingerprint density at radius 1 is 1.40 bits per heavy atom. The first-order valence-electron chi connectivity index (χ1n) is 6.51. The molecule has 1 aromatic heterocycles. The molecule has 0 saturated heterocycles. The van der Waals surface area contributed by atoms with Crippen LogP contribution in [0.2, 0.25) is 0 Å². The molecule has 2 rings (SSSR count). The van der Waals surface area contributed by atoms with Gasteiger partial charge in [-0.25, -0.2) is 9.89 Å². The summed E-state index contributed by atoms with van der Waals surface area (Å²) in [6.45, 7) is 4.23. The number of thioether (sulfide) groups is 1. The Labute approximate surface area is 122 Å². The van der Waals surface area contributed by atoms with Crippen LogP contribution in [0.15, 0.2) is 28.2 Å². The predicted octanol–water partition coefficient (Wildman–Crippen LogP) is 1.78.